The van der Waals surface area contributed by atoms with Gasteiger partial charge in [0.15, 0.2) is 14.1 Å². The van der Waals surface area contributed by atoms with E-state index < -0.39 is 25.9 Å². The van der Waals surface area contributed by atoms with Gasteiger partial charge in [-0.15, -0.1) is 0 Å². The fourth-order valence-electron chi connectivity index (χ4n) is 4.92. The van der Waals surface area contributed by atoms with Crippen molar-refractivity contribution in [2.24, 2.45) is 5.92 Å². The molecular weight excluding hydrogens is 522 g/mol. The summed E-state index contributed by atoms with van der Waals surface area (Å²) in [6, 6.07) is 5.13. The van der Waals surface area contributed by atoms with Gasteiger partial charge in [-0.25, -0.2) is 4.79 Å². The van der Waals surface area contributed by atoms with Gasteiger partial charge in [0.05, 0.1) is 13.3 Å². The summed E-state index contributed by atoms with van der Waals surface area (Å²) < 4.78 is 13.4. The van der Waals surface area contributed by atoms with Crippen molar-refractivity contribution in [1.82, 2.24) is 4.57 Å². The van der Waals surface area contributed by atoms with Crippen LogP contribution in [0, 0.1) is 5.92 Å². The topological polar surface area (TPSA) is 94.8 Å². The molecule has 38 heavy (non-hydrogen) atoms. The third kappa shape index (κ3) is 6.76. The molecule has 0 spiro atoms. The number of aliphatic carboxylic acids is 1. The first-order valence-electron chi connectivity index (χ1n) is 13.2. The van der Waals surface area contributed by atoms with Crippen LogP contribution in [0.25, 0.3) is 11.1 Å². The van der Waals surface area contributed by atoms with Gasteiger partial charge in [0.1, 0.15) is 11.8 Å². The number of ketones is 1. The van der Waals surface area contributed by atoms with Gasteiger partial charge in [-0.1, -0.05) is 32.4 Å². The first kappa shape index (κ1) is 30.1. The molecule has 1 heterocycles. The molecule has 1 aliphatic carbocycles. The van der Waals surface area contributed by atoms with E-state index in [2.05, 4.69) is 33.9 Å². The summed E-state index contributed by atoms with van der Waals surface area (Å²) >= 11 is 6.19. The first-order chi connectivity index (χ1) is 17.6. The van der Waals surface area contributed by atoms with Crippen LogP contribution in [-0.2, 0) is 9.22 Å². The monoisotopic (exact) mass is 561 g/mol. The van der Waals surface area contributed by atoms with Crippen LogP contribution >= 0.6 is 11.6 Å². The van der Waals surface area contributed by atoms with Crippen molar-refractivity contribution in [3.05, 3.63) is 51.4 Å². The molecule has 1 aliphatic rings. The fourth-order valence-corrected chi connectivity index (χ4v) is 6.51. The summed E-state index contributed by atoms with van der Waals surface area (Å²) in [6.07, 6.45) is 5.49. The number of benzene rings is 1. The number of hydrogen-bond donors (Lipinski definition) is 1. The summed E-state index contributed by atoms with van der Waals surface area (Å²) in [5.41, 5.74) is 0.792. The van der Waals surface area contributed by atoms with E-state index in [1.54, 1.807) is 18.2 Å². The highest BCUT2D eigenvalue weighted by Gasteiger charge is 2.40. The van der Waals surface area contributed by atoms with Gasteiger partial charge in [0.2, 0.25) is 0 Å². The number of nitrogens with zero attached hydrogens (tertiary/aromatic N) is 1. The second-order valence-corrected chi connectivity index (χ2v) is 17.1. The largest absolute Gasteiger partial charge is 0.495 e. The molecule has 1 unspecified atom stereocenters. The smallest absolute Gasteiger partial charge is 0.326 e. The van der Waals surface area contributed by atoms with Crippen LogP contribution < -0.4 is 10.3 Å². The molecule has 1 aromatic heterocycles. The van der Waals surface area contributed by atoms with Crippen molar-refractivity contribution in [3.8, 4) is 16.9 Å². The Labute approximate surface area is 231 Å². The minimum atomic E-state index is -1.87. The molecule has 9 heteroatoms. The van der Waals surface area contributed by atoms with Gasteiger partial charge >= 0.3 is 5.97 Å². The van der Waals surface area contributed by atoms with Crippen LogP contribution in [0.2, 0.25) is 23.2 Å². The van der Waals surface area contributed by atoms with Gasteiger partial charge < -0.3 is 14.3 Å². The number of Topliss-reactive ketones (excluding diaryl/α,β-unsaturated/α-hetero) is 1. The zero-order valence-electron chi connectivity index (χ0n) is 23.5. The Morgan fingerprint density at radius 2 is 1.76 bits per heavy atom. The Morgan fingerprint density at radius 1 is 1.13 bits per heavy atom. The van der Waals surface area contributed by atoms with Crippen molar-refractivity contribution in [1.29, 1.82) is 0 Å². The number of carboxylic acid groups (broad SMARTS) is 1. The van der Waals surface area contributed by atoms with Crippen LogP contribution in [-0.4, -0.2) is 43.0 Å². The van der Waals surface area contributed by atoms with Crippen molar-refractivity contribution in [3.63, 3.8) is 0 Å². The molecule has 7 nitrogen and oxygen atoms in total. The quantitative estimate of drug-likeness (QED) is 0.262. The standard InChI is InChI=1S/C29H40ClNO6Si/c1-18(32)22-13-10-20(30)15-23(22)24-16-27(33)31(17-26(24)36-5)25(28(34)35)14-19-8-11-21(12-9-19)37-38(6,7)29(2,3)4/h10,13,15-17,19,21,25H,8-9,11-12,14H2,1-7H3,(H,34,35). The lowest BCUT2D eigenvalue weighted by molar-refractivity contribution is -0.141. The fraction of sp³-hybridized carbons (Fsp3) is 0.552. The average Bonchev–Trinajstić information content (AvgIpc) is 2.82. The first-order valence-corrected chi connectivity index (χ1v) is 16.4. The lowest BCUT2D eigenvalue weighted by Crippen LogP contribution is -2.44. The van der Waals surface area contributed by atoms with Crippen LogP contribution in [0.15, 0.2) is 35.3 Å². The molecule has 1 atom stereocenters. The van der Waals surface area contributed by atoms with Gasteiger partial charge in [0, 0.05) is 28.3 Å². The predicted octanol–water partition coefficient (Wildman–Crippen LogP) is 6.98. The Hall–Kier alpha value is -2.42. The number of halogens is 1. The maximum atomic E-state index is 13.2. The number of methoxy groups -OCH3 is 1. The molecule has 1 aromatic carbocycles. The van der Waals surface area contributed by atoms with E-state index >= 15 is 0 Å². The minimum Gasteiger partial charge on any atom is -0.495 e. The van der Waals surface area contributed by atoms with Gasteiger partial charge in [0.25, 0.3) is 5.56 Å². The minimum absolute atomic E-state index is 0.140. The maximum Gasteiger partial charge on any atom is 0.326 e. The second kappa shape index (κ2) is 11.8. The SMILES string of the molecule is COc1cn(C(CC2CCC(O[Si](C)(C)C(C)(C)C)CC2)C(=O)O)c(=O)cc1-c1cc(Cl)ccc1C(C)=O. The van der Waals surface area contributed by atoms with E-state index in [1.807, 2.05) is 0 Å². The van der Waals surface area contributed by atoms with Crippen molar-refractivity contribution >= 4 is 31.7 Å². The third-order valence-corrected chi connectivity index (χ3v) is 12.9. The van der Waals surface area contributed by atoms with E-state index in [0.29, 0.717) is 33.9 Å². The van der Waals surface area contributed by atoms with E-state index in [1.165, 1.54) is 30.9 Å². The van der Waals surface area contributed by atoms with Crippen molar-refractivity contribution in [2.45, 2.75) is 90.1 Å². The zero-order chi connectivity index (χ0) is 28.4. The van der Waals surface area contributed by atoms with E-state index in [9.17, 15) is 19.5 Å². The maximum absolute atomic E-state index is 13.2. The lowest BCUT2D eigenvalue weighted by Gasteiger charge is -2.41. The van der Waals surface area contributed by atoms with Crippen molar-refractivity contribution in [2.75, 3.05) is 7.11 Å². The average molecular weight is 562 g/mol. The van der Waals surface area contributed by atoms with E-state index in [4.69, 9.17) is 20.8 Å². The Kier molecular flexibility index (Phi) is 9.32. The summed E-state index contributed by atoms with van der Waals surface area (Å²) in [6.45, 7) is 12.6. The summed E-state index contributed by atoms with van der Waals surface area (Å²) in [4.78, 5) is 37.8. The Bertz CT molecular complexity index is 1240. The predicted molar refractivity (Wildman–Crippen MR) is 153 cm³/mol. The number of aromatic nitrogens is 1. The molecule has 208 valence electrons. The molecule has 1 saturated carbocycles. The number of carbonyl (C=O) groups excluding carboxylic acids is 1. The number of rotatable bonds is 9. The Balaban J connectivity index is 1.84. The molecule has 0 aliphatic heterocycles. The second-order valence-electron chi connectivity index (χ2n) is 11.9. The van der Waals surface area contributed by atoms with Crippen molar-refractivity contribution < 1.29 is 23.9 Å². The summed E-state index contributed by atoms with van der Waals surface area (Å²) in [5.74, 6) is -0.773. The lowest BCUT2D eigenvalue weighted by atomic mass is 9.83. The summed E-state index contributed by atoms with van der Waals surface area (Å²) in [5, 5.41) is 10.6. The number of carboxylic acids is 1. The molecular formula is C29H40ClNO6Si. The Morgan fingerprint density at radius 3 is 2.29 bits per heavy atom. The highest BCUT2D eigenvalue weighted by Crippen LogP contribution is 2.41. The zero-order valence-corrected chi connectivity index (χ0v) is 25.2. The third-order valence-electron chi connectivity index (χ3n) is 8.15. The molecule has 3 rings (SSSR count). The number of hydrogen-bond acceptors (Lipinski definition) is 5. The number of ether oxygens (including phenoxy) is 1. The van der Waals surface area contributed by atoms with Crippen LogP contribution in [0.4, 0.5) is 0 Å². The van der Waals surface area contributed by atoms with Crippen LogP contribution in [0.5, 0.6) is 5.75 Å². The van der Waals surface area contributed by atoms with E-state index in [0.717, 1.165) is 25.7 Å². The van der Waals surface area contributed by atoms with Gasteiger partial charge in [-0.05, 0) is 86.8 Å². The number of carbonyl (C=O) groups is 2. The highest BCUT2D eigenvalue weighted by molar-refractivity contribution is 6.74. The molecule has 0 amide bonds. The van der Waals surface area contributed by atoms with Crippen LogP contribution in [0.1, 0.15) is 76.2 Å². The highest BCUT2D eigenvalue weighted by atomic mass is 35.5. The molecule has 0 radical (unpaired) electrons. The van der Waals surface area contributed by atoms with Gasteiger partial charge in [-0.2, -0.15) is 0 Å². The normalized spacial score (nSPS) is 19.2. The van der Waals surface area contributed by atoms with Gasteiger partial charge in [-0.3, -0.25) is 14.2 Å². The molecule has 0 bridgehead atoms. The van der Waals surface area contributed by atoms with E-state index in [-0.39, 0.29) is 22.8 Å². The molecule has 1 N–H and O–H groups in total. The molecule has 2 aromatic rings. The molecule has 1 fully saturated rings. The molecule has 0 saturated heterocycles. The summed E-state index contributed by atoms with van der Waals surface area (Å²) in [7, 11) is -0.417. The van der Waals surface area contributed by atoms with Crippen LogP contribution in [0.3, 0.4) is 0 Å². The number of pyridine rings is 1.